The van der Waals surface area contributed by atoms with Gasteiger partial charge in [0.05, 0.1) is 5.69 Å². The molecule has 2 aromatic rings. The molecule has 0 saturated carbocycles. The molecule has 0 radical (unpaired) electrons. The maximum atomic E-state index is 12.6. The molecule has 1 atom stereocenters. The molecule has 1 heterocycles. The molecule has 0 spiro atoms. The molecule has 0 saturated heterocycles. The van der Waals surface area contributed by atoms with E-state index >= 15 is 0 Å². The summed E-state index contributed by atoms with van der Waals surface area (Å²) in [5.74, 6) is -0.263. The van der Waals surface area contributed by atoms with Gasteiger partial charge in [-0.1, -0.05) is 32.9 Å². The standard InChI is InChI=1S/C20H26N4O2/c1-6-16-12(4)22-13(5)23-18(16)14-8-7-9-15(10-14)20(26)24-17(11(2)3)19(21)25/h7-11,17H,6H2,1-5H3,(H2,21,25)(H,24,26)/t17-/m0/s1. The van der Waals surface area contributed by atoms with Crippen LogP contribution in [0.25, 0.3) is 11.3 Å². The summed E-state index contributed by atoms with van der Waals surface area (Å²) in [6.45, 7) is 9.56. The van der Waals surface area contributed by atoms with Gasteiger partial charge in [-0.2, -0.15) is 0 Å². The second kappa shape index (κ2) is 8.08. The topological polar surface area (TPSA) is 98.0 Å². The number of rotatable bonds is 6. The highest BCUT2D eigenvalue weighted by atomic mass is 16.2. The van der Waals surface area contributed by atoms with Crippen LogP contribution in [-0.2, 0) is 11.2 Å². The Hall–Kier alpha value is -2.76. The van der Waals surface area contributed by atoms with Gasteiger partial charge in [0.25, 0.3) is 5.91 Å². The van der Waals surface area contributed by atoms with Gasteiger partial charge in [0, 0.05) is 16.8 Å². The van der Waals surface area contributed by atoms with Crippen LogP contribution in [0.4, 0.5) is 0 Å². The molecule has 0 unspecified atom stereocenters. The van der Waals surface area contributed by atoms with E-state index in [1.54, 1.807) is 12.1 Å². The Morgan fingerprint density at radius 2 is 1.88 bits per heavy atom. The number of carbonyl (C=O) groups is 2. The summed E-state index contributed by atoms with van der Waals surface area (Å²) in [6, 6.07) is 6.52. The normalized spacial score (nSPS) is 12.1. The third-order valence-electron chi connectivity index (χ3n) is 4.34. The first-order valence-electron chi connectivity index (χ1n) is 8.79. The number of nitrogens with one attached hydrogen (secondary N) is 1. The maximum Gasteiger partial charge on any atom is 0.251 e. The van der Waals surface area contributed by atoms with Crippen LogP contribution in [-0.4, -0.2) is 27.8 Å². The Kier molecular flexibility index (Phi) is 6.08. The first-order valence-corrected chi connectivity index (χ1v) is 8.79. The van der Waals surface area contributed by atoms with Crippen molar-refractivity contribution in [2.45, 2.75) is 47.1 Å². The first-order chi connectivity index (χ1) is 12.2. The third kappa shape index (κ3) is 4.25. The average molecular weight is 354 g/mol. The fourth-order valence-corrected chi connectivity index (χ4v) is 3.00. The molecule has 0 aliphatic carbocycles. The van der Waals surface area contributed by atoms with E-state index in [1.165, 1.54) is 0 Å². The monoisotopic (exact) mass is 354 g/mol. The van der Waals surface area contributed by atoms with Crippen molar-refractivity contribution < 1.29 is 9.59 Å². The lowest BCUT2D eigenvalue weighted by Crippen LogP contribution is -2.47. The number of benzene rings is 1. The number of hydrogen-bond acceptors (Lipinski definition) is 4. The Labute approximate surface area is 154 Å². The number of primary amides is 1. The minimum absolute atomic E-state index is 0.0847. The van der Waals surface area contributed by atoms with Crippen molar-refractivity contribution in [1.82, 2.24) is 15.3 Å². The lowest BCUT2D eigenvalue weighted by Gasteiger charge is -2.19. The zero-order valence-electron chi connectivity index (χ0n) is 16.0. The summed E-state index contributed by atoms with van der Waals surface area (Å²) in [5.41, 5.74) is 9.54. The summed E-state index contributed by atoms with van der Waals surface area (Å²) in [4.78, 5) is 33.1. The van der Waals surface area contributed by atoms with Gasteiger partial charge in [0.2, 0.25) is 5.91 Å². The molecule has 2 rings (SSSR count). The maximum absolute atomic E-state index is 12.6. The first kappa shape index (κ1) is 19.6. The number of aryl methyl sites for hydroxylation is 2. The van der Waals surface area contributed by atoms with Crippen LogP contribution in [0.2, 0.25) is 0 Å². The van der Waals surface area contributed by atoms with E-state index in [-0.39, 0.29) is 11.8 Å². The number of nitrogens with zero attached hydrogens (tertiary/aromatic N) is 2. The van der Waals surface area contributed by atoms with Gasteiger partial charge in [0.1, 0.15) is 11.9 Å². The molecule has 1 aromatic heterocycles. The van der Waals surface area contributed by atoms with E-state index < -0.39 is 11.9 Å². The molecule has 0 aliphatic rings. The van der Waals surface area contributed by atoms with Gasteiger partial charge >= 0.3 is 0 Å². The van der Waals surface area contributed by atoms with Gasteiger partial charge in [0.15, 0.2) is 0 Å². The highest BCUT2D eigenvalue weighted by molar-refractivity contribution is 5.98. The SMILES string of the molecule is CCc1c(C)nc(C)nc1-c1cccc(C(=O)N[C@H](C(N)=O)C(C)C)c1. The van der Waals surface area contributed by atoms with Crippen molar-refractivity contribution in [3.8, 4) is 11.3 Å². The molecule has 0 aliphatic heterocycles. The molecule has 0 bridgehead atoms. The van der Waals surface area contributed by atoms with Gasteiger partial charge in [-0.25, -0.2) is 9.97 Å². The lowest BCUT2D eigenvalue weighted by molar-refractivity contribution is -0.120. The number of nitrogens with two attached hydrogens (primary N) is 1. The van der Waals surface area contributed by atoms with Crippen molar-refractivity contribution in [2.24, 2.45) is 11.7 Å². The minimum atomic E-state index is -0.708. The smallest absolute Gasteiger partial charge is 0.251 e. The number of carbonyl (C=O) groups excluding carboxylic acids is 2. The van der Waals surface area contributed by atoms with Crippen LogP contribution >= 0.6 is 0 Å². The van der Waals surface area contributed by atoms with Gasteiger partial charge in [-0.15, -0.1) is 0 Å². The van der Waals surface area contributed by atoms with Gasteiger partial charge in [-0.05, 0) is 43.9 Å². The lowest BCUT2D eigenvalue weighted by atomic mass is 9.99. The van der Waals surface area contributed by atoms with Crippen LogP contribution in [0.3, 0.4) is 0 Å². The van der Waals surface area contributed by atoms with Crippen molar-refractivity contribution in [2.75, 3.05) is 0 Å². The Balaban J connectivity index is 2.40. The number of amides is 2. The largest absolute Gasteiger partial charge is 0.368 e. The fourth-order valence-electron chi connectivity index (χ4n) is 3.00. The summed E-state index contributed by atoms with van der Waals surface area (Å²) in [6.07, 6.45) is 0.801. The van der Waals surface area contributed by atoms with Crippen LogP contribution < -0.4 is 11.1 Å². The molecule has 3 N–H and O–H groups in total. The van der Waals surface area contributed by atoms with Crippen LogP contribution in [0.15, 0.2) is 24.3 Å². The van der Waals surface area contributed by atoms with E-state index in [9.17, 15) is 9.59 Å². The van der Waals surface area contributed by atoms with E-state index in [1.807, 2.05) is 39.8 Å². The van der Waals surface area contributed by atoms with Crippen LogP contribution in [0, 0.1) is 19.8 Å². The predicted octanol–water partition coefficient (Wildman–Crippen LogP) is 2.56. The molecule has 1 aromatic carbocycles. The van der Waals surface area contributed by atoms with Crippen LogP contribution in [0.5, 0.6) is 0 Å². The fraction of sp³-hybridized carbons (Fsp3) is 0.400. The van der Waals surface area contributed by atoms with Crippen molar-refractivity contribution >= 4 is 11.8 Å². The Morgan fingerprint density at radius 1 is 1.19 bits per heavy atom. The molecule has 26 heavy (non-hydrogen) atoms. The highest BCUT2D eigenvalue weighted by Gasteiger charge is 2.22. The van der Waals surface area contributed by atoms with E-state index in [4.69, 9.17) is 5.73 Å². The summed E-state index contributed by atoms with van der Waals surface area (Å²) >= 11 is 0. The predicted molar refractivity (Wildman–Crippen MR) is 102 cm³/mol. The van der Waals surface area contributed by atoms with Crippen LogP contribution in [0.1, 0.15) is 48.2 Å². The molecule has 6 heteroatoms. The number of hydrogen-bond donors (Lipinski definition) is 2. The average Bonchev–Trinajstić information content (AvgIpc) is 2.58. The second-order valence-electron chi connectivity index (χ2n) is 6.72. The summed E-state index contributed by atoms with van der Waals surface area (Å²) in [5, 5.41) is 2.72. The Bertz CT molecular complexity index is 831. The van der Waals surface area contributed by atoms with E-state index in [2.05, 4.69) is 22.2 Å². The number of aromatic nitrogens is 2. The van der Waals surface area contributed by atoms with E-state index in [0.717, 1.165) is 28.9 Å². The van der Waals surface area contributed by atoms with Crippen molar-refractivity contribution in [1.29, 1.82) is 0 Å². The quantitative estimate of drug-likeness (QED) is 0.833. The van der Waals surface area contributed by atoms with E-state index in [0.29, 0.717) is 11.4 Å². The molecule has 6 nitrogen and oxygen atoms in total. The molecule has 0 fully saturated rings. The highest BCUT2D eigenvalue weighted by Crippen LogP contribution is 2.25. The van der Waals surface area contributed by atoms with Crippen molar-refractivity contribution in [3.05, 3.63) is 46.9 Å². The molecule has 2 amide bonds. The Morgan fingerprint density at radius 3 is 2.46 bits per heavy atom. The molecular weight excluding hydrogens is 328 g/mol. The second-order valence-corrected chi connectivity index (χ2v) is 6.72. The zero-order valence-corrected chi connectivity index (χ0v) is 16.0. The summed E-state index contributed by atoms with van der Waals surface area (Å²) < 4.78 is 0. The molecular formula is C20H26N4O2. The summed E-state index contributed by atoms with van der Waals surface area (Å²) in [7, 11) is 0. The van der Waals surface area contributed by atoms with Crippen molar-refractivity contribution in [3.63, 3.8) is 0 Å². The minimum Gasteiger partial charge on any atom is -0.368 e. The molecule has 138 valence electrons. The zero-order chi connectivity index (χ0) is 19.4. The van der Waals surface area contributed by atoms with Gasteiger partial charge in [-0.3, -0.25) is 9.59 Å². The third-order valence-corrected chi connectivity index (χ3v) is 4.34. The van der Waals surface area contributed by atoms with Gasteiger partial charge < -0.3 is 11.1 Å².